The van der Waals surface area contributed by atoms with Crippen LogP contribution in [0.4, 0.5) is 5.69 Å². The quantitative estimate of drug-likeness (QED) is 0.455. The Labute approximate surface area is 187 Å². The number of carbonyl (C=O) groups is 2. The number of anilines is 1. The van der Waals surface area contributed by atoms with Crippen molar-refractivity contribution in [3.63, 3.8) is 0 Å². The number of amides is 1. The zero-order chi connectivity index (χ0) is 23.1. The molecule has 2 aromatic carbocycles. The smallest absolute Gasteiger partial charge is 0.333 e. The summed E-state index contributed by atoms with van der Waals surface area (Å²) in [6.07, 6.45) is 0.405. The lowest BCUT2D eigenvalue weighted by molar-refractivity contribution is -0.153. The van der Waals surface area contributed by atoms with Gasteiger partial charge in [-0.25, -0.2) is 4.79 Å². The number of hydrogen-bond donors (Lipinski definition) is 3. The van der Waals surface area contributed by atoms with Gasteiger partial charge in [0.1, 0.15) is 5.75 Å². The summed E-state index contributed by atoms with van der Waals surface area (Å²) in [6.45, 7) is 4.25. The van der Waals surface area contributed by atoms with Crippen molar-refractivity contribution in [3.8, 4) is 17.2 Å². The number of fused-ring (bicyclic) bond motifs is 1. The summed E-state index contributed by atoms with van der Waals surface area (Å²) in [4.78, 5) is 23.0. The molecule has 0 saturated heterocycles. The monoisotopic (exact) mass is 443 g/mol. The maximum atomic E-state index is 11.5. The van der Waals surface area contributed by atoms with Crippen molar-refractivity contribution in [1.29, 1.82) is 0 Å². The highest BCUT2D eigenvalue weighted by Gasteiger charge is 2.23. The predicted molar refractivity (Wildman–Crippen MR) is 118 cm³/mol. The van der Waals surface area contributed by atoms with Crippen LogP contribution in [0.3, 0.4) is 0 Å². The number of aliphatic carboxylic acids is 1. The molecule has 3 rings (SSSR count). The third-order valence-electron chi connectivity index (χ3n) is 5.01. The highest BCUT2D eigenvalue weighted by Crippen LogP contribution is 2.32. The van der Waals surface area contributed by atoms with Gasteiger partial charge in [-0.1, -0.05) is 18.2 Å². The molecule has 0 aliphatic carbocycles. The fraction of sp³-hybridized carbons (Fsp3) is 0.417. The van der Waals surface area contributed by atoms with Crippen LogP contribution in [-0.2, 0) is 27.2 Å². The molecule has 1 aliphatic heterocycles. The highest BCUT2D eigenvalue weighted by atomic mass is 16.5. The molecule has 0 spiro atoms. The van der Waals surface area contributed by atoms with Gasteiger partial charge in [0, 0.05) is 36.1 Å². The maximum Gasteiger partial charge on any atom is 0.333 e. The van der Waals surface area contributed by atoms with Gasteiger partial charge in [0.15, 0.2) is 17.6 Å². The second-order valence-electron chi connectivity index (χ2n) is 7.86. The number of phenolic OH excluding ortho intramolecular Hbond substituents is 1. The Kier molecular flexibility index (Phi) is 7.94. The number of carboxylic acid groups (broad SMARTS) is 1. The number of carbonyl (C=O) groups excluding carboxylic acids is 1. The summed E-state index contributed by atoms with van der Waals surface area (Å²) < 4.78 is 17.0. The molecular formula is C24H29NO7. The first-order valence-corrected chi connectivity index (χ1v) is 10.7. The van der Waals surface area contributed by atoms with Gasteiger partial charge in [-0.15, -0.1) is 0 Å². The second kappa shape index (κ2) is 10.9. The topological polar surface area (TPSA) is 114 Å². The SMILES string of the molecule is CC(C)OC(Cc1cccc(OCCCOc2cccc3c2CCC(=O)N3)c1O)C(=O)O. The number of ether oxygens (including phenoxy) is 3. The van der Waals surface area contributed by atoms with Crippen molar-refractivity contribution in [2.24, 2.45) is 0 Å². The van der Waals surface area contributed by atoms with Crippen LogP contribution in [0.2, 0.25) is 0 Å². The Morgan fingerprint density at radius 2 is 1.75 bits per heavy atom. The standard InChI is InChI=1S/C24H29NO7/c1-15(2)32-21(24(28)29)14-16-6-3-9-20(23(16)27)31-13-5-12-30-19-8-4-7-18-17(19)10-11-22(26)25-18/h3-4,6-9,15,21,27H,5,10-14H2,1-2H3,(H,25,26)(H,28,29). The van der Waals surface area contributed by atoms with E-state index in [0.29, 0.717) is 38.0 Å². The van der Waals surface area contributed by atoms with Gasteiger partial charge < -0.3 is 29.7 Å². The van der Waals surface area contributed by atoms with E-state index in [9.17, 15) is 19.8 Å². The van der Waals surface area contributed by atoms with Gasteiger partial charge in [-0.3, -0.25) is 4.79 Å². The Morgan fingerprint density at radius 3 is 2.47 bits per heavy atom. The molecule has 3 N–H and O–H groups in total. The largest absolute Gasteiger partial charge is 0.504 e. The van der Waals surface area contributed by atoms with Gasteiger partial charge in [-0.2, -0.15) is 0 Å². The molecule has 1 aliphatic rings. The van der Waals surface area contributed by atoms with E-state index in [1.54, 1.807) is 32.0 Å². The summed E-state index contributed by atoms with van der Waals surface area (Å²) in [6, 6.07) is 10.6. The van der Waals surface area contributed by atoms with E-state index in [1.165, 1.54) is 0 Å². The lowest BCUT2D eigenvalue weighted by Crippen LogP contribution is -2.29. The summed E-state index contributed by atoms with van der Waals surface area (Å²) in [5.41, 5.74) is 2.23. The average molecular weight is 443 g/mol. The second-order valence-corrected chi connectivity index (χ2v) is 7.86. The zero-order valence-electron chi connectivity index (χ0n) is 18.3. The minimum atomic E-state index is -1.08. The van der Waals surface area contributed by atoms with E-state index < -0.39 is 12.1 Å². The van der Waals surface area contributed by atoms with Gasteiger partial charge in [0.2, 0.25) is 5.91 Å². The normalized spacial score (nSPS) is 13.9. The molecular weight excluding hydrogens is 414 g/mol. The van der Waals surface area contributed by atoms with Crippen LogP contribution in [0.15, 0.2) is 36.4 Å². The van der Waals surface area contributed by atoms with Crippen LogP contribution < -0.4 is 14.8 Å². The molecule has 0 saturated carbocycles. The minimum Gasteiger partial charge on any atom is -0.504 e. The summed E-state index contributed by atoms with van der Waals surface area (Å²) in [7, 11) is 0. The van der Waals surface area contributed by atoms with E-state index in [-0.39, 0.29) is 29.9 Å². The zero-order valence-corrected chi connectivity index (χ0v) is 18.3. The predicted octanol–water partition coefficient (Wildman–Crippen LogP) is 3.55. The highest BCUT2D eigenvalue weighted by molar-refractivity contribution is 5.94. The molecule has 1 amide bonds. The van der Waals surface area contributed by atoms with Crippen molar-refractivity contribution in [3.05, 3.63) is 47.5 Å². The van der Waals surface area contributed by atoms with Crippen molar-refractivity contribution in [2.75, 3.05) is 18.5 Å². The molecule has 2 aromatic rings. The van der Waals surface area contributed by atoms with Crippen LogP contribution in [0.5, 0.6) is 17.2 Å². The van der Waals surface area contributed by atoms with Crippen molar-refractivity contribution in [1.82, 2.24) is 0 Å². The van der Waals surface area contributed by atoms with Crippen molar-refractivity contribution in [2.45, 2.75) is 51.7 Å². The molecule has 0 fully saturated rings. The first-order valence-electron chi connectivity index (χ1n) is 10.7. The van der Waals surface area contributed by atoms with Crippen LogP contribution in [-0.4, -0.2) is 47.5 Å². The molecule has 1 unspecified atom stereocenters. The van der Waals surface area contributed by atoms with Crippen LogP contribution >= 0.6 is 0 Å². The minimum absolute atomic E-state index is 0.00975. The lowest BCUT2D eigenvalue weighted by Gasteiger charge is -2.20. The van der Waals surface area contributed by atoms with Gasteiger partial charge in [-0.05, 0) is 38.5 Å². The Bertz CT molecular complexity index is 957. The van der Waals surface area contributed by atoms with Gasteiger partial charge >= 0.3 is 5.97 Å². The molecule has 0 radical (unpaired) electrons. The number of aromatic hydroxyl groups is 1. The summed E-state index contributed by atoms with van der Waals surface area (Å²) in [5, 5.41) is 22.7. The van der Waals surface area contributed by atoms with Gasteiger partial charge in [0.05, 0.1) is 19.3 Å². The van der Waals surface area contributed by atoms with Crippen molar-refractivity contribution >= 4 is 17.6 Å². The van der Waals surface area contributed by atoms with E-state index in [0.717, 1.165) is 17.0 Å². The Hall–Kier alpha value is -3.26. The average Bonchev–Trinajstić information content (AvgIpc) is 2.74. The van der Waals surface area contributed by atoms with E-state index in [2.05, 4.69) is 5.32 Å². The van der Waals surface area contributed by atoms with E-state index >= 15 is 0 Å². The van der Waals surface area contributed by atoms with Crippen molar-refractivity contribution < 1.29 is 34.0 Å². The molecule has 0 bridgehead atoms. The Morgan fingerprint density at radius 1 is 1.06 bits per heavy atom. The van der Waals surface area contributed by atoms with E-state index in [1.807, 2.05) is 18.2 Å². The first kappa shape index (κ1) is 23.4. The maximum absolute atomic E-state index is 11.5. The summed E-state index contributed by atoms with van der Waals surface area (Å²) >= 11 is 0. The third-order valence-corrected chi connectivity index (χ3v) is 5.01. The number of para-hydroxylation sites is 1. The fourth-order valence-corrected chi connectivity index (χ4v) is 3.52. The fourth-order valence-electron chi connectivity index (χ4n) is 3.52. The molecule has 32 heavy (non-hydrogen) atoms. The molecule has 8 nitrogen and oxygen atoms in total. The molecule has 0 aromatic heterocycles. The van der Waals surface area contributed by atoms with Crippen LogP contribution in [0.1, 0.15) is 37.8 Å². The molecule has 172 valence electrons. The number of hydrogen-bond acceptors (Lipinski definition) is 6. The summed E-state index contributed by atoms with van der Waals surface area (Å²) in [5.74, 6) is -0.118. The Balaban J connectivity index is 1.52. The van der Waals surface area contributed by atoms with Gasteiger partial charge in [0.25, 0.3) is 0 Å². The van der Waals surface area contributed by atoms with Crippen LogP contribution in [0, 0.1) is 0 Å². The number of phenols is 1. The van der Waals surface area contributed by atoms with Crippen LogP contribution in [0.25, 0.3) is 0 Å². The lowest BCUT2D eigenvalue weighted by atomic mass is 10.0. The number of nitrogens with one attached hydrogen (secondary N) is 1. The molecule has 1 atom stereocenters. The number of benzene rings is 2. The number of rotatable bonds is 11. The number of carboxylic acids is 1. The van der Waals surface area contributed by atoms with E-state index in [4.69, 9.17) is 14.2 Å². The molecule has 8 heteroatoms. The first-order chi connectivity index (χ1) is 15.3. The third kappa shape index (κ3) is 6.13. The molecule has 1 heterocycles.